The number of halogens is 1. The van der Waals surface area contributed by atoms with Gasteiger partial charge in [0.05, 0.1) is 6.04 Å². The standard InChI is InChI=1S/C20H23BrN2O3/c1-3-18(16-9-11-17(21)12-10-16)23-19(24)14(2)22-20(25)26-13-15-7-5-4-6-8-15/h4-12,14,18H,3,13H2,1-2H3,(H,22,25)(H,23,24)/t14-,18?/m0/s1. The highest BCUT2D eigenvalue weighted by Gasteiger charge is 2.20. The van der Waals surface area contributed by atoms with E-state index in [1.54, 1.807) is 6.92 Å². The molecule has 26 heavy (non-hydrogen) atoms. The lowest BCUT2D eigenvalue weighted by molar-refractivity contribution is -0.123. The fourth-order valence-corrected chi connectivity index (χ4v) is 2.68. The lowest BCUT2D eigenvalue weighted by Gasteiger charge is -2.21. The van der Waals surface area contributed by atoms with Crippen LogP contribution in [0.15, 0.2) is 59.1 Å². The zero-order chi connectivity index (χ0) is 18.9. The van der Waals surface area contributed by atoms with E-state index >= 15 is 0 Å². The van der Waals surface area contributed by atoms with Crippen molar-refractivity contribution in [3.63, 3.8) is 0 Å². The van der Waals surface area contributed by atoms with E-state index in [1.807, 2.05) is 61.5 Å². The predicted molar refractivity (Wildman–Crippen MR) is 105 cm³/mol. The minimum Gasteiger partial charge on any atom is -0.445 e. The molecular formula is C20H23BrN2O3. The average Bonchev–Trinajstić information content (AvgIpc) is 2.66. The molecule has 2 amide bonds. The Bertz CT molecular complexity index is 720. The summed E-state index contributed by atoms with van der Waals surface area (Å²) in [6.07, 6.45) is 0.131. The Kier molecular flexibility index (Phi) is 7.66. The lowest BCUT2D eigenvalue weighted by atomic mass is 10.0. The zero-order valence-electron chi connectivity index (χ0n) is 14.9. The van der Waals surface area contributed by atoms with Crippen molar-refractivity contribution in [3.05, 3.63) is 70.2 Å². The third-order valence-electron chi connectivity index (χ3n) is 3.94. The average molecular weight is 419 g/mol. The number of ether oxygens (including phenoxy) is 1. The molecule has 0 saturated carbocycles. The zero-order valence-corrected chi connectivity index (χ0v) is 16.5. The molecule has 0 aromatic heterocycles. The number of alkyl carbamates (subject to hydrolysis) is 1. The SMILES string of the molecule is CCC(NC(=O)[C@H](C)NC(=O)OCc1ccccc1)c1ccc(Br)cc1. The second-order valence-corrected chi connectivity index (χ2v) is 6.86. The molecule has 5 nitrogen and oxygen atoms in total. The minimum absolute atomic E-state index is 0.111. The van der Waals surface area contributed by atoms with Crippen LogP contribution in [0, 0.1) is 0 Å². The summed E-state index contributed by atoms with van der Waals surface area (Å²) >= 11 is 3.40. The van der Waals surface area contributed by atoms with Crippen molar-refractivity contribution in [2.45, 2.75) is 39.0 Å². The number of hydrogen-bond acceptors (Lipinski definition) is 3. The molecule has 2 rings (SSSR count). The van der Waals surface area contributed by atoms with Crippen molar-refractivity contribution in [2.24, 2.45) is 0 Å². The van der Waals surface area contributed by atoms with Gasteiger partial charge in [-0.15, -0.1) is 0 Å². The lowest BCUT2D eigenvalue weighted by Crippen LogP contribution is -2.45. The van der Waals surface area contributed by atoms with E-state index in [0.717, 1.165) is 22.0 Å². The number of hydrogen-bond donors (Lipinski definition) is 2. The second kappa shape index (κ2) is 9.97. The quantitative estimate of drug-likeness (QED) is 0.702. The van der Waals surface area contributed by atoms with Crippen molar-refractivity contribution in [2.75, 3.05) is 0 Å². The molecule has 1 unspecified atom stereocenters. The fourth-order valence-electron chi connectivity index (χ4n) is 2.42. The number of nitrogens with one attached hydrogen (secondary N) is 2. The van der Waals surface area contributed by atoms with E-state index < -0.39 is 12.1 Å². The van der Waals surface area contributed by atoms with Crippen LogP contribution in [-0.2, 0) is 16.1 Å². The first-order chi connectivity index (χ1) is 12.5. The van der Waals surface area contributed by atoms with Crippen molar-refractivity contribution in [1.29, 1.82) is 0 Å². The molecule has 0 saturated heterocycles. The maximum atomic E-state index is 12.4. The van der Waals surface area contributed by atoms with Crippen molar-refractivity contribution in [1.82, 2.24) is 10.6 Å². The molecule has 0 bridgehead atoms. The molecule has 0 aliphatic rings. The molecule has 2 atom stereocenters. The summed E-state index contributed by atoms with van der Waals surface area (Å²) in [5.41, 5.74) is 1.91. The molecule has 2 aromatic rings. The van der Waals surface area contributed by atoms with Crippen LogP contribution in [0.3, 0.4) is 0 Å². The Labute approximate surface area is 162 Å². The Balaban J connectivity index is 1.83. The molecule has 6 heteroatoms. The summed E-state index contributed by atoms with van der Waals surface area (Å²) < 4.78 is 6.13. The van der Waals surface area contributed by atoms with Gasteiger partial charge in [0.25, 0.3) is 0 Å². The van der Waals surface area contributed by atoms with Gasteiger partial charge in [0, 0.05) is 4.47 Å². The van der Waals surface area contributed by atoms with Crippen LogP contribution >= 0.6 is 15.9 Å². The van der Waals surface area contributed by atoms with Gasteiger partial charge < -0.3 is 15.4 Å². The smallest absolute Gasteiger partial charge is 0.408 e. The summed E-state index contributed by atoms with van der Waals surface area (Å²) in [6.45, 7) is 3.80. The van der Waals surface area contributed by atoms with Gasteiger partial charge in [-0.3, -0.25) is 4.79 Å². The van der Waals surface area contributed by atoms with Crippen molar-refractivity contribution in [3.8, 4) is 0 Å². The molecule has 0 heterocycles. The number of carbonyl (C=O) groups is 2. The fraction of sp³-hybridized carbons (Fsp3) is 0.300. The molecule has 2 aromatic carbocycles. The monoisotopic (exact) mass is 418 g/mol. The van der Waals surface area contributed by atoms with Crippen LogP contribution in [0.1, 0.15) is 37.4 Å². The Morgan fingerprint density at radius 3 is 2.31 bits per heavy atom. The maximum Gasteiger partial charge on any atom is 0.408 e. The van der Waals surface area contributed by atoms with Gasteiger partial charge in [-0.1, -0.05) is 65.3 Å². The van der Waals surface area contributed by atoms with Crippen LogP contribution in [0.5, 0.6) is 0 Å². The van der Waals surface area contributed by atoms with Crippen LogP contribution in [0.25, 0.3) is 0 Å². The summed E-state index contributed by atoms with van der Waals surface area (Å²) in [7, 11) is 0. The summed E-state index contributed by atoms with van der Waals surface area (Å²) in [5.74, 6) is -0.253. The van der Waals surface area contributed by atoms with Crippen LogP contribution in [0.4, 0.5) is 4.79 Å². The minimum atomic E-state index is -0.692. The van der Waals surface area contributed by atoms with Gasteiger partial charge >= 0.3 is 6.09 Å². The Morgan fingerprint density at radius 1 is 1.04 bits per heavy atom. The number of carbonyl (C=O) groups excluding carboxylic acids is 2. The largest absolute Gasteiger partial charge is 0.445 e. The van der Waals surface area contributed by atoms with Crippen molar-refractivity contribution >= 4 is 27.9 Å². The highest BCUT2D eigenvalue weighted by molar-refractivity contribution is 9.10. The van der Waals surface area contributed by atoms with Crippen LogP contribution < -0.4 is 10.6 Å². The highest BCUT2D eigenvalue weighted by Crippen LogP contribution is 2.19. The molecule has 138 valence electrons. The summed E-state index contributed by atoms with van der Waals surface area (Å²) in [6, 6.07) is 16.4. The van der Waals surface area contributed by atoms with E-state index in [2.05, 4.69) is 26.6 Å². The van der Waals surface area contributed by atoms with E-state index in [1.165, 1.54) is 0 Å². The molecule has 0 aliphatic carbocycles. The van der Waals surface area contributed by atoms with Gasteiger partial charge in [0.2, 0.25) is 5.91 Å². The first kappa shape index (κ1) is 20.0. The molecule has 0 fully saturated rings. The maximum absolute atomic E-state index is 12.4. The van der Waals surface area contributed by atoms with Gasteiger partial charge in [-0.2, -0.15) is 0 Å². The Morgan fingerprint density at radius 2 is 1.69 bits per heavy atom. The molecule has 0 radical (unpaired) electrons. The van der Waals surface area contributed by atoms with E-state index in [0.29, 0.717) is 0 Å². The topological polar surface area (TPSA) is 67.4 Å². The third-order valence-corrected chi connectivity index (χ3v) is 4.47. The van der Waals surface area contributed by atoms with Gasteiger partial charge in [0.15, 0.2) is 0 Å². The molecule has 0 spiro atoms. The normalized spacial score (nSPS) is 12.7. The van der Waals surface area contributed by atoms with Crippen LogP contribution in [0.2, 0.25) is 0 Å². The van der Waals surface area contributed by atoms with Gasteiger partial charge in [0.1, 0.15) is 12.6 Å². The van der Waals surface area contributed by atoms with E-state index in [-0.39, 0.29) is 18.6 Å². The number of rotatable bonds is 7. The summed E-state index contributed by atoms with van der Waals surface area (Å²) in [5, 5.41) is 5.52. The second-order valence-electron chi connectivity index (χ2n) is 5.95. The van der Waals surface area contributed by atoms with E-state index in [9.17, 15) is 9.59 Å². The predicted octanol–water partition coefficient (Wildman–Crippen LogP) is 4.33. The third kappa shape index (κ3) is 6.19. The molecule has 0 aliphatic heterocycles. The first-order valence-corrected chi connectivity index (χ1v) is 9.32. The van der Waals surface area contributed by atoms with Gasteiger partial charge in [-0.05, 0) is 36.6 Å². The number of amides is 2. The highest BCUT2D eigenvalue weighted by atomic mass is 79.9. The van der Waals surface area contributed by atoms with E-state index in [4.69, 9.17) is 4.74 Å². The van der Waals surface area contributed by atoms with Gasteiger partial charge in [-0.25, -0.2) is 4.79 Å². The van der Waals surface area contributed by atoms with Crippen molar-refractivity contribution < 1.29 is 14.3 Å². The number of benzene rings is 2. The first-order valence-electron chi connectivity index (χ1n) is 8.52. The Hall–Kier alpha value is -2.34. The van der Waals surface area contributed by atoms with Crippen LogP contribution in [-0.4, -0.2) is 18.0 Å². The molecular weight excluding hydrogens is 396 g/mol. The summed E-state index contributed by atoms with van der Waals surface area (Å²) in [4.78, 5) is 24.2. The molecule has 2 N–H and O–H groups in total.